The molecule has 0 aromatic heterocycles. The van der Waals surface area contributed by atoms with Gasteiger partial charge < -0.3 is 0 Å². The average molecular weight is 145 g/mol. The quantitative estimate of drug-likeness (QED) is 0.590. The lowest BCUT2D eigenvalue weighted by molar-refractivity contribution is 0.383. The van der Waals surface area contributed by atoms with E-state index >= 15 is 0 Å². The standard InChI is InChI=1S/C6H5F2NO/c7-4-1-2-6(9-10)5(8)3-4/h1-3,9-10H. The minimum atomic E-state index is -0.817. The first kappa shape index (κ1) is 6.95. The van der Waals surface area contributed by atoms with Crippen LogP contribution in [0.1, 0.15) is 0 Å². The molecule has 0 saturated carbocycles. The first-order valence-electron chi connectivity index (χ1n) is 2.59. The SMILES string of the molecule is ONc1ccc(F)cc1F. The maximum Gasteiger partial charge on any atom is 0.151 e. The Bertz CT molecular complexity index is 239. The molecule has 1 aromatic carbocycles. The predicted octanol–water partition coefficient (Wildman–Crippen LogP) is 1.77. The molecule has 0 bridgehead atoms. The second-order valence-corrected chi connectivity index (χ2v) is 1.74. The largest absolute Gasteiger partial charge is 0.291 e. The van der Waals surface area contributed by atoms with E-state index in [-0.39, 0.29) is 5.69 Å². The summed E-state index contributed by atoms with van der Waals surface area (Å²) in [6.45, 7) is 0. The fourth-order valence-corrected chi connectivity index (χ4v) is 0.580. The number of rotatable bonds is 1. The highest BCUT2D eigenvalue weighted by molar-refractivity contribution is 5.41. The van der Waals surface area contributed by atoms with Gasteiger partial charge in [-0.05, 0) is 12.1 Å². The molecule has 0 saturated heterocycles. The van der Waals surface area contributed by atoms with E-state index in [9.17, 15) is 8.78 Å². The molecule has 0 fully saturated rings. The normalized spacial score (nSPS) is 9.50. The fraction of sp³-hybridized carbons (Fsp3) is 0. The molecule has 0 heterocycles. The maximum atomic E-state index is 12.4. The van der Waals surface area contributed by atoms with Crippen LogP contribution in [0, 0.1) is 11.6 Å². The van der Waals surface area contributed by atoms with Crippen LogP contribution < -0.4 is 5.48 Å². The van der Waals surface area contributed by atoms with E-state index in [1.165, 1.54) is 0 Å². The number of anilines is 1. The molecule has 2 N–H and O–H groups in total. The first-order valence-corrected chi connectivity index (χ1v) is 2.59. The molecule has 0 aliphatic heterocycles. The van der Waals surface area contributed by atoms with Crippen molar-refractivity contribution in [2.24, 2.45) is 0 Å². The van der Waals surface area contributed by atoms with E-state index in [1.54, 1.807) is 5.48 Å². The third-order valence-corrected chi connectivity index (χ3v) is 1.05. The van der Waals surface area contributed by atoms with E-state index in [0.717, 1.165) is 12.1 Å². The van der Waals surface area contributed by atoms with Crippen molar-refractivity contribution in [2.45, 2.75) is 0 Å². The highest BCUT2D eigenvalue weighted by Crippen LogP contribution is 2.13. The van der Waals surface area contributed by atoms with Crippen molar-refractivity contribution in [1.82, 2.24) is 0 Å². The van der Waals surface area contributed by atoms with Gasteiger partial charge in [0.25, 0.3) is 0 Å². The van der Waals surface area contributed by atoms with Crippen molar-refractivity contribution < 1.29 is 14.0 Å². The van der Waals surface area contributed by atoms with Gasteiger partial charge in [0.05, 0.1) is 5.69 Å². The van der Waals surface area contributed by atoms with Gasteiger partial charge in [-0.15, -0.1) is 0 Å². The zero-order valence-corrected chi connectivity index (χ0v) is 4.94. The molecular weight excluding hydrogens is 140 g/mol. The van der Waals surface area contributed by atoms with Crippen molar-refractivity contribution in [3.63, 3.8) is 0 Å². The molecular formula is C6H5F2NO. The summed E-state index contributed by atoms with van der Waals surface area (Å²) in [4.78, 5) is 0. The second-order valence-electron chi connectivity index (χ2n) is 1.74. The van der Waals surface area contributed by atoms with Gasteiger partial charge in [-0.2, -0.15) is 0 Å². The van der Waals surface area contributed by atoms with Gasteiger partial charge in [-0.3, -0.25) is 10.7 Å². The number of hydrogen-bond donors (Lipinski definition) is 2. The van der Waals surface area contributed by atoms with Crippen molar-refractivity contribution in [3.05, 3.63) is 29.8 Å². The molecule has 0 radical (unpaired) electrons. The number of halogens is 2. The van der Waals surface area contributed by atoms with Crippen molar-refractivity contribution in [1.29, 1.82) is 0 Å². The van der Waals surface area contributed by atoms with Crippen molar-refractivity contribution in [3.8, 4) is 0 Å². The molecule has 0 amide bonds. The van der Waals surface area contributed by atoms with Crippen LogP contribution in [0.2, 0.25) is 0 Å². The molecule has 0 unspecified atom stereocenters. The van der Waals surface area contributed by atoms with Crippen LogP contribution in [0.15, 0.2) is 18.2 Å². The zero-order valence-electron chi connectivity index (χ0n) is 4.94. The summed E-state index contributed by atoms with van der Waals surface area (Å²) < 4.78 is 24.5. The Morgan fingerprint density at radius 3 is 2.50 bits per heavy atom. The lowest BCUT2D eigenvalue weighted by atomic mass is 10.3. The van der Waals surface area contributed by atoms with Gasteiger partial charge in [0.15, 0.2) is 5.82 Å². The van der Waals surface area contributed by atoms with Crippen molar-refractivity contribution in [2.75, 3.05) is 5.48 Å². The molecule has 0 aliphatic rings. The molecule has 0 aliphatic carbocycles. The third-order valence-electron chi connectivity index (χ3n) is 1.05. The Labute approximate surface area is 56.1 Å². The van der Waals surface area contributed by atoms with Gasteiger partial charge in [-0.25, -0.2) is 8.78 Å². The molecule has 54 valence electrons. The predicted molar refractivity (Wildman–Crippen MR) is 31.8 cm³/mol. The zero-order chi connectivity index (χ0) is 7.56. The fourth-order valence-electron chi connectivity index (χ4n) is 0.580. The summed E-state index contributed by atoms with van der Waals surface area (Å²) in [6, 6.07) is 2.82. The second kappa shape index (κ2) is 2.62. The lowest BCUT2D eigenvalue weighted by Gasteiger charge is -1.98. The Balaban J connectivity index is 3.07. The Kier molecular flexibility index (Phi) is 1.82. The molecule has 2 nitrogen and oxygen atoms in total. The summed E-state index contributed by atoms with van der Waals surface area (Å²) in [7, 11) is 0. The minimum Gasteiger partial charge on any atom is -0.291 e. The van der Waals surface area contributed by atoms with E-state index in [2.05, 4.69) is 0 Å². The van der Waals surface area contributed by atoms with E-state index < -0.39 is 11.6 Å². The highest BCUT2D eigenvalue weighted by Gasteiger charge is 2.00. The van der Waals surface area contributed by atoms with Gasteiger partial charge in [-0.1, -0.05) is 0 Å². The van der Waals surface area contributed by atoms with E-state index in [0.29, 0.717) is 6.07 Å². The number of nitrogens with one attached hydrogen (secondary N) is 1. The molecule has 0 atom stereocenters. The van der Waals surface area contributed by atoms with Gasteiger partial charge >= 0.3 is 0 Å². The van der Waals surface area contributed by atoms with Gasteiger partial charge in [0.2, 0.25) is 0 Å². The maximum absolute atomic E-state index is 12.4. The van der Waals surface area contributed by atoms with Crippen LogP contribution in [0.3, 0.4) is 0 Å². The minimum absolute atomic E-state index is 0.138. The van der Waals surface area contributed by atoms with Gasteiger partial charge in [0.1, 0.15) is 5.82 Å². The average Bonchev–Trinajstić information content (AvgIpc) is 1.88. The molecule has 1 aromatic rings. The number of hydrogen-bond acceptors (Lipinski definition) is 2. The highest BCUT2D eigenvalue weighted by atomic mass is 19.1. The summed E-state index contributed by atoms with van der Waals surface area (Å²) in [5.41, 5.74) is 1.44. The third kappa shape index (κ3) is 1.22. The lowest BCUT2D eigenvalue weighted by Crippen LogP contribution is -1.93. The van der Waals surface area contributed by atoms with Crippen LogP contribution in [0.25, 0.3) is 0 Å². The van der Waals surface area contributed by atoms with Crippen LogP contribution in [-0.2, 0) is 0 Å². The van der Waals surface area contributed by atoms with Crippen LogP contribution in [0.4, 0.5) is 14.5 Å². The van der Waals surface area contributed by atoms with Crippen LogP contribution >= 0.6 is 0 Å². The number of benzene rings is 1. The molecule has 1 rings (SSSR count). The monoisotopic (exact) mass is 145 g/mol. The van der Waals surface area contributed by atoms with Crippen molar-refractivity contribution >= 4 is 5.69 Å². The molecule has 0 spiro atoms. The molecule has 4 heteroatoms. The summed E-state index contributed by atoms with van der Waals surface area (Å²) in [5.74, 6) is -1.49. The van der Waals surface area contributed by atoms with E-state index in [4.69, 9.17) is 5.21 Å². The van der Waals surface area contributed by atoms with E-state index in [1.807, 2.05) is 0 Å². The van der Waals surface area contributed by atoms with Crippen LogP contribution in [0.5, 0.6) is 0 Å². The summed E-state index contributed by atoms with van der Waals surface area (Å²) >= 11 is 0. The molecule has 10 heavy (non-hydrogen) atoms. The summed E-state index contributed by atoms with van der Waals surface area (Å²) in [5, 5.41) is 8.20. The first-order chi connectivity index (χ1) is 4.74. The topological polar surface area (TPSA) is 32.3 Å². The Morgan fingerprint density at radius 2 is 2.00 bits per heavy atom. The Morgan fingerprint density at radius 1 is 1.30 bits per heavy atom. The van der Waals surface area contributed by atoms with Crippen LogP contribution in [-0.4, -0.2) is 5.21 Å². The Hall–Kier alpha value is -1.16. The smallest absolute Gasteiger partial charge is 0.151 e. The summed E-state index contributed by atoms with van der Waals surface area (Å²) in [6.07, 6.45) is 0. The van der Waals surface area contributed by atoms with Gasteiger partial charge in [0, 0.05) is 6.07 Å².